The van der Waals surface area contributed by atoms with Crippen molar-refractivity contribution in [3.63, 3.8) is 0 Å². The fourth-order valence-electron chi connectivity index (χ4n) is 4.95. The second kappa shape index (κ2) is 9.36. The van der Waals surface area contributed by atoms with Crippen molar-refractivity contribution >= 4 is 34.6 Å². The molecule has 0 spiro atoms. The molecule has 178 valence electrons. The molecule has 1 aliphatic heterocycles. The summed E-state index contributed by atoms with van der Waals surface area (Å²) >= 11 is 12.3. The van der Waals surface area contributed by atoms with Gasteiger partial charge in [0.25, 0.3) is 0 Å². The van der Waals surface area contributed by atoms with Gasteiger partial charge in [-0.05, 0) is 87.1 Å². The number of anilines is 1. The van der Waals surface area contributed by atoms with Crippen LogP contribution < -0.4 is 15.0 Å². The normalized spacial score (nSPS) is 17.5. The Labute approximate surface area is 216 Å². The lowest BCUT2D eigenvalue weighted by atomic mass is 9.96. The van der Waals surface area contributed by atoms with E-state index < -0.39 is 0 Å². The third-order valence-electron chi connectivity index (χ3n) is 6.58. The van der Waals surface area contributed by atoms with Crippen molar-refractivity contribution in [2.45, 2.75) is 32.9 Å². The molecule has 0 unspecified atom stereocenters. The topological polar surface area (TPSA) is 42.3 Å². The van der Waals surface area contributed by atoms with Crippen molar-refractivity contribution in [2.24, 2.45) is 0 Å². The van der Waals surface area contributed by atoms with Crippen LogP contribution >= 0.6 is 23.8 Å². The van der Waals surface area contributed by atoms with Gasteiger partial charge in [0.05, 0.1) is 30.6 Å². The van der Waals surface area contributed by atoms with Gasteiger partial charge < -0.3 is 19.5 Å². The average molecular weight is 503 g/mol. The SMILES string of the molecule is COc1ccc(Cl)cc1-n1c(C)cc([C@@H]2[C@H](c3ccccn3)NC(=S)N2c2ccc(C)cc2)c1C. The standard InChI is InChI=1S/C28H27ClN4OS/c1-17-8-11-21(12-9-17)33-27(26(31-28(33)35)23-7-5-6-14-30-23)22-15-18(2)32(19(22)3)24-16-20(29)10-13-25(24)34-4/h5-16,26-27H,1-4H3,(H,31,35)/t26-,27+/m0/s1. The van der Waals surface area contributed by atoms with Crippen LogP contribution in [0.15, 0.2) is 72.9 Å². The number of methoxy groups -OCH3 is 1. The van der Waals surface area contributed by atoms with E-state index in [2.05, 4.69) is 70.9 Å². The Hall–Kier alpha value is -3.35. The molecular formula is C28H27ClN4OS. The quantitative estimate of drug-likeness (QED) is 0.310. The summed E-state index contributed by atoms with van der Waals surface area (Å²) < 4.78 is 7.87. The molecule has 7 heteroatoms. The zero-order chi connectivity index (χ0) is 24.7. The van der Waals surface area contributed by atoms with E-state index in [9.17, 15) is 0 Å². The summed E-state index contributed by atoms with van der Waals surface area (Å²) in [6, 6.07) is 22.2. The second-order valence-corrected chi connectivity index (χ2v) is 9.63. The van der Waals surface area contributed by atoms with Crippen LogP contribution in [0.25, 0.3) is 5.69 Å². The van der Waals surface area contributed by atoms with Crippen LogP contribution in [-0.4, -0.2) is 21.8 Å². The number of nitrogens with zero attached hydrogens (tertiary/aromatic N) is 3. The predicted octanol–water partition coefficient (Wildman–Crippen LogP) is 6.64. The first-order chi connectivity index (χ1) is 16.9. The van der Waals surface area contributed by atoms with Gasteiger partial charge in [0, 0.05) is 28.3 Å². The van der Waals surface area contributed by atoms with E-state index in [4.69, 9.17) is 28.6 Å². The number of hydrogen-bond acceptors (Lipinski definition) is 3. The number of nitrogens with one attached hydrogen (secondary N) is 1. The van der Waals surface area contributed by atoms with Gasteiger partial charge in [-0.1, -0.05) is 35.4 Å². The number of thiocarbonyl (C=S) groups is 1. The molecule has 4 aromatic rings. The second-order valence-electron chi connectivity index (χ2n) is 8.81. The number of pyridine rings is 1. The molecule has 2 aromatic carbocycles. The Kier molecular flexibility index (Phi) is 6.26. The Bertz CT molecular complexity index is 1380. The maximum Gasteiger partial charge on any atom is 0.174 e. The van der Waals surface area contributed by atoms with E-state index in [1.54, 1.807) is 7.11 Å². The van der Waals surface area contributed by atoms with Crippen LogP contribution in [-0.2, 0) is 0 Å². The molecule has 3 heterocycles. The maximum atomic E-state index is 6.39. The van der Waals surface area contributed by atoms with Crippen molar-refractivity contribution in [3.05, 3.63) is 106 Å². The van der Waals surface area contributed by atoms with Gasteiger partial charge >= 0.3 is 0 Å². The fraction of sp³-hybridized carbons (Fsp3) is 0.214. The monoisotopic (exact) mass is 502 g/mol. The van der Waals surface area contributed by atoms with Gasteiger partial charge in [-0.2, -0.15) is 0 Å². The Morgan fingerprint density at radius 3 is 2.46 bits per heavy atom. The van der Waals surface area contributed by atoms with Crippen LogP contribution in [0.2, 0.25) is 5.02 Å². The molecule has 0 bridgehead atoms. The summed E-state index contributed by atoms with van der Waals surface area (Å²) in [6.07, 6.45) is 1.83. The number of ether oxygens (including phenoxy) is 1. The van der Waals surface area contributed by atoms with Crippen molar-refractivity contribution in [1.82, 2.24) is 14.9 Å². The van der Waals surface area contributed by atoms with Crippen LogP contribution in [0.5, 0.6) is 5.75 Å². The minimum Gasteiger partial charge on any atom is -0.495 e. The Morgan fingerprint density at radius 1 is 1.00 bits per heavy atom. The summed E-state index contributed by atoms with van der Waals surface area (Å²) in [7, 11) is 1.68. The third kappa shape index (κ3) is 4.17. The molecule has 0 amide bonds. The molecule has 1 saturated heterocycles. The van der Waals surface area contributed by atoms with E-state index >= 15 is 0 Å². The molecule has 1 aliphatic rings. The average Bonchev–Trinajstić information content (AvgIpc) is 3.35. The number of aromatic nitrogens is 2. The first kappa shape index (κ1) is 23.4. The lowest BCUT2D eigenvalue weighted by Crippen LogP contribution is -2.29. The highest BCUT2D eigenvalue weighted by Crippen LogP contribution is 2.44. The summed E-state index contributed by atoms with van der Waals surface area (Å²) in [5, 5.41) is 4.89. The van der Waals surface area contributed by atoms with Gasteiger partial charge in [0.15, 0.2) is 5.11 Å². The molecule has 0 saturated carbocycles. The van der Waals surface area contributed by atoms with Crippen molar-refractivity contribution in [1.29, 1.82) is 0 Å². The number of halogens is 1. The Balaban J connectivity index is 1.70. The lowest BCUT2D eigenvalue weighted by Gasteiger charge is -2.28. The minimum atomic E-state index is -0.111. The molecule has 5 rings (SSSR count). The zero-order valence-electron chi connectivity index (χ0n) is 20.1. The van der Waals surface area contributed by atoms with Gasteiger partial charge in [-0.3, -0.25) is 4.98 Å². The number of benzene rings is 2. The van der Waals surface area contributed by atoms with E-state index in [0.717, 1.165) is 39.8 Å². The van der Waals surface area contributed by atoms with E-state index in [1.165, 1.54) is 5.56 Å². The highest BCUT2D eigenvalue weighted by molar-refractivity contribution is 7.80. The Morgan fingerprint density at radius 2 is 1.77 bits per heavy atom. The van der Waals surface area contributed by atoms with Crippen LogP contribution in [0.1, 0.15) is 40.3 Å². The summed E-state index contributed by atoms with van der Waals surface area (Å²) in [5.74, 6) is 0.763. The van der Waals surface area contributed by atoms with Gasteiger partial charge in [0.1, 0.15) is 5.75 Å². The molecule has 35 heavy (non-hydrogen) atoms. The van der Waals surface area contributed by atoms with Gasteiger partial charge in [-0.25, -0.2) is 0 Å². The number of rotatable bonds is 5. The largest absolute Gasteiger partial charge is 0.495 e. The molecule has 2 atom stereocenters. The molecule has 5 nitrogen and oxygen atoms in total. The first-order valence-corrected chi connectivity index (χ1v) is 12.3. The van der Waals surface area contributed by atoms with E-state index in [1.807, 2.05) is 42.6 Å². The molecule has 1 fully saturated rings. The minimum absolute atomic E-state index is 0.0924. The summed E-state index contributed by atoms with van der Waals surface area (Å²) in [5.41, 5.74) is 7.44. The smallest absolute Gasteiger partial charge is 0.174 e. The van der Waals surface area contributed by atoms with Crippen LogP contribution in [0, 0.1) is 20.8 Å². The highest BCUT2D eigenvalue weighted by Gasteiger charge is 2.42. The number of aryl methyl sites for hydroxylation is 2. The molecule has 0 aliphatic carbocycles. The fourth-order valence-corrected chi connectivity index (χ4v) is 5.46. The molecule has 0 radical (unpaired) electrons. The molecule has 1 N–H and O–H groups in total. The van der Waals surface area contributed by atoms with Gasteiger partial charge in [-0.15, -0.1) is 0 Å². The van der Waals surface area contributed by atoms with Crippen molar-refractivity contribution in [2.75, 3.05) is 12.0 Å². The zero-order valence-corrected chi connectivity index (χ0v) is 21.7. The number of hydrogen-bond donors (Lipinski definition) is 1. The summed E-state index contributed by atoms with van der Waals surface area (Å²) in [6.45, 7) is 6.32. The van der Waals surface area contributed by atoms with Gasteiger partial charge in [0.2, 0.25) is 0 Å². The van der Waals surface area contributed by atoms with E-state index in [-0.39, 0.29) is 12.1 Å². The van der Waals surface area contributed by atoms with Crippen LogP contribution in [0.4, 0.5) is 5.69 Å². The first-order valence-electron chi connectivity index (χ1n) is 11.5. The van der Waals surface area contributed by atoms with Crippen molar-refractivity contribution in [3.8, 4) is 11.4 Å². The van der Waals surface area contributed by atoms with Crippen molar-refractivity contribution < 1.29 is 4.74 Å². The highest BCUT2D eigenvalue weighted by atomic mass is 35.5. The predicted molar refractivity (Wildman–Crippen MR) is 146 cm³/mol. The summed E-state index contributed by atoms with van der Waals surface area (Å²) in [4.78, 5) is 6.88. The van der Waals surface area contributed by atoms with E-state index in [0.29, 0.717) is 10.1 Å². The molecule has 2 aromatic heterocycles. The lowest BCUT2D eigenvalue weighted by molar-refractivity contribution is 0.412. The third-order valence-corrected chi connectivity index (χ3v) is 7.13. The molecular weight excluding hydrogens is 476 g/mol. The van der Waals surface area contributed by atoms with Crippen LogP contribution in [0.3, 0.4) is 0 Å². The maximum absolute atomic E-state index is 6.39.